The number of nitrogens with one attached hydrogen (secondary N) is 3. The summed E-state index contributed by atoms with van der Waals surface area (Å²) in [5.74, 6) is -0.950. The smallest absolute Gasteiger partial charge is 0.414 e. The lowest BCUT2D eigenvalue weighted by molar-refractivity contribution is -0.131. The van der Waals surface area contributed by atoms with Crippen LogP contribution in [-0.4, -0.2) is 91.7 Å². The number of aliphatic hydroxyl groups excluding tert-OH is 2. The van der Waals surface area contributed by atoms with Gasteiger partial charge in [-0.15, -0.1) is 0 Å². The molecule has 2 unspecified atom stereocenters. The van der Waals surface area contributed by atoms with Crippen LogP contribution in [0.3, 0.4) is 0 Å². The Hall–Kier alpha value is -4.30. The van der Waals surface area contributed by atoms with Gasteiger partial charge in [0.1, 0.15) is 17.7 Å². The Labute approximate surface area is 211 Å². The minimum Gasteiger partial charge on any atom is -0.453 e. The highest BCUT2D eigenvalue weighted by molar-refractivity contribution is 5.90. The lowest BCUT2D eigenvalue weighted by atomic mass is 10.1. The molecule has 1 aromatic carbocycles. The largest absolute Gasteiger partial charge is 0.453 e. The molecule has 198 valence electrons. The van der Waals surface area contributed by atoms with E-state index in [4.69, 9.17) is 15.3 Å². The number of anilines is 2. The summed E-state index contributed by atoms with van der Waals surface area (Å²) in [6, 6.07) is 7.47. The number of carbonyl (C=O) groups is 3. The molecule has 1 aliphatic rings. The van der Waals surface area contributed by atoms with E-state index < -0.39 is 42.7 Å². The summed E-state index contributed by atoms with van der Waals surface area (Å²) in [7, 11) is 1.22. The lowest BCUT2D eigenvalue weighted by Gasteiger charge is -2.19. The fourth-order valence-electron chi connectivity index (χ4n) is 3.47. The van der Waals surface area contributed by atoms with E-state index in [1.54, 1.807) is 18.2 Å². The van der Waals surface area contributed by atoms with E-state index in [0.29, 0.717) is 17.1 Å². The molecule has 2 heterocycles. The number of hydrogen-bond donors (Lipinski definition) is 5. The number of alkyl carbamates (subject to hydrolysis) is 1. The van der Waals surface area contributed by atoms with Gasteiger partial charge in [0.15, 0.2) is 6.10 Å². The van der Waals surface area contributed by atoms with Gasteiger partial charge in [0.2, 0.25) is 0 Å². The molecular weight excluding hydrogens is 491 g/mol. The van der Waals surface area contributed by atoms with E-state index >= 15 is 0 Å². The minimum atomic E-state index is -1.52. The van der Waals surface area contributed by atoms with E-state index in [2.05, 4.69) is 20.4 Å². The average Bonchev–Trinajstić information content (AvgIpc) is 3.29. The summed E-state index contributed by atoms with van der Waals surface area (Å²) in [5, 5.41) is 30.5. The van der Waals surface area contributed by atoms with Crippen LogP contribution in [0.1, 0.15) is 0 Å². The van der Waals surface area contributed by atoms with Gasteiger partial charge >= 0.3 is 12.2 Å². The van der Waals surface area contributed by atoms with Crippen molar-refractivity contribution in [3.63, 3.8) is 0 Å². The van der Waals surface area contributed by atoms with Crippen LogP contribution in [0.15, 0.2) is 36.5 Å². The molecular formula is C23H27FN6O7. The Morgan fingerprint density at radius 2 is 2.16 bits per heavy atom. The van der Waals surface area contributed by atoms with Crippen molar-refractivity contribution in [3.8, 4) is 11.1 Å². The number of ether oxygens (including phenoxy) is 2. The van der Waals surface area contributed by atoms with E-state index in [1.165, 1.54) is 35.2 Å². The molecule has 0 radical (unpaired) electrons. The third-order valence-corrected chi connectivity index (χ3v) is 5.43. The number of aliphatic hydroxyl groups is 2. The maximum absolute atomic E-state index is 15.0. The van der Waals surface area contributed by atoms with Gasteiger partial charge < -0.3 is 35.2 Å². The molecule has 1 fully saturated rings. The minimum absolute atomic E-state index is 0.0528. The van der Waals surface area contributed by atoms with Crippen LogP contribution in [-0.2, 0) is 14.3 Å². The summed E-state index contributed by atoms with van der Waals surface area (Å²) in [6.07, 6.45) is -1.02. The number of benzene rings is 1. The summed E-state index contributed by atoms with van der Waals surface area (Å²) in [5.41, 5.74) is 0.993. The molecule has 1 aliphatic heterocycles. The first kappa shape index (κ1) is 27.3. The Morgan fingerprint density at radius 3 is 2.78 bits per heavy atom. The molecule has 2 atom stereocenters. The number of methoxy groups -OCH3 is 1. The summed E-state index contributed by atoms with van der Waals surface area (Å²) >= 11 is 0. The van der Waals surface area contributed by atoms with Gasteiger partial charge in [-0.1, -0.05) is 0 Å². The number of cyclic esters (lactones) is 1. The second-order valence-electron chi connectivity index (χ2n) is 7.87. The Balaban J connectivity index is 1.63. The molecule has 14 heteroatoms. The molecule has 0 bridgehead atoms. The van der Waals surface area contributed by atoms with Crippen molar-refractivity contribution in [1.82, 2.24) is 15.6 Å². The number of hydrogen-bond acceptors (Lipinski definition) is 9. The van der Waals surface area contributed by atoms with Crippen LogP contribution in [0.2, 0.25) is 0 Å². The fourth-order valence-corrected chi connectivity index (χ4v) is 3.47. The van der Waals surface area contributed by atoms with Gasteiger partial charge in [-0.3, -0.25) is 15.1 Å². The van der Waals surface area contributed by atoms with E-state index in [0.717, 1.165) is 6.34 Å². The zero-order valence-electron chi connectivity index (χ0n) is 19.9. The van der Waals surface area contributed by atoms with Gasteiger partial charge in [0.05, 0.1) is 38.8 Å². The molecule has 13 nitrogen and oxygen atoms in total. The molecule has 1 aromatic heterocycles. The van der Waals surface area contributed by atoms with Crippen molar-refractivity contribution in [1.29, 1.82) is 5.41 Å². The van der Waals surface area contributed by atoms with Crippen molar-refractivity contribution < 1.29 is 38.5 Å². The number of nitrogens with zero attached hydrogens (tertiary/aromatic N) is 3. The zero-order valence-corrected chi connectivity index (χ0v) is 19.9. The van der Waals surface area contributed by atoms with E-state index in [-0.39, 0.29) is 31.7 Å². The van der Waals surface area contributed by atoms with E-state index in [9.17, 15) is 23.9 Å². The molecule has 0 aliphatic carbocycles. The number of rotatable bonds is 11. The third-order valence-electron chi connectivity index (χ3n) is 5.43. The topological polar surface area (TPSA) is 177 Å². The highest BCUT2D eigenvalue weighted by atomic mass is 19.1. The predicted molar refractivity (Wildman–Crippen MR) is 130 cm³/mol. The maximum Gasteiger partial charge on any atom is 0.414 e. The maximum atomic E-state index is 15.0. The third kappa shape index (κ3) is 6.89. The number of halogens is 1. The van der Waals surface area contributed by atoms with Crippen molar-refractivity contribution >= 4 is 35.9 Å². The SMILES string of the molecule is COC(=O)NCC1CN(c2ccc(-c3ccc(N(C=N)CCNC(=O)C(O)CO)nc3)c(F)c2)C(=O)O1. The number of amides is 3. The van der Waals surface area contributed by atoms with Crippen molar-refractivity contribution in [2.45, 2.75) is 12.2 Å². The second kappa shape index (κ2) is 12.6. The molecule has 2 aromatic rings. The molecule has 37 heavy (non-hydrogen) atoms. The Kier molecular flexibility index (Phi) is 9.29. The molecule has 5 N–H and O–H groups in total. The average molecular weight is 519 g/mol. The molecule has 0 saturated carbocycles. The quantitative estimate of drug-likeness (QED) is 0.209. The fraction of sp³-hybridized carbons (Fsp3) is 0.348. The highest BCUT2D eigenvalue weighted by Crippen LogP contribution is 2.29. The lowest BCUT2D eigenvalue weighted by Crippen LogP contribution is -2.41. The predicted octanol–water partition coefficient (Wildman–Crippen LogP) is 0.452. The van der Waals surface area contributed by atoms with Crippen molar-refractivity contribution in [3.05, 3.63) is 42.3 Å². The Bertz CT molecular complexity index is 1130. The van der Waals surface area contributed by atoms with Crippen LogP contribution >= 0.6 is 0 Å². The number of aromatic nitrogens is 1. The van der Waals surface area contributed by atoms with Gasteiger partial charge in [0.25, 0.3) is 5.91 Å². The molecule has 3 rings (SSSR count). The van der Waals surface area contributed by atoms with Crippen molar-refractivity contribution in [2.75, 3.05) is 49.7 Å². The summed E-state index contributed by atoms with van der Waals surface area (Å²) < 4.78 is 24.6. The molecule has 1 saturated heterocycles. The highest BCUT2D eigenvalue weighted by Gasteiger charge is 2.33. The molecule has 3 amide bonds. The first-order valence-corrected chi connectivity index (χ1v) is 11.2. The molecule has 0 spiro atoms. The zero-order chi connectivity index (χ0) is 26.9. The number of carbonyl (C=O) groups excluding carboxylic acids is 3. The van der Waals surface area contributed by atoms with Gasteiger partial charge in [-0.05, 0) is 30.3 Å². The van der Waals surface area contributed by atoms with Crippen molar-refractivity contribution in [2.24, 2.45) is 0 Å². The van der Waals surface area contributed by atoms with Gasteiger partial charge in [0, 0.05) is 30.4 Å². The monoisotopic (exact) mass is 518 g/mol. The summed E-state index contributed by atoms with van der Waals surface area (Å²) in [6.45, 7) is -0.264. The summed E-state index contributed by atoms with van der Waals surface area (Å²) in [4.78, 5) is 41.9. The van der Waals surface area contributed by atoms with Crippen LogP contribution in [0.5, 0.6) is 0 Å². The van der Waals surface area contributed by atoms with Crippen LogP contribution < -0.4 is 20.4 Å². The first-order chi connectivity index (χ1) is 17.8. The van der Waals surface area contributed by atoms with Crippen LogP contribution in [0.4, 0.5) is 25.5 Å². The van der Waals surface area contributed by atoms with E-state index in [1.807, 2.05) is 0 Å². The first-order valence-electron chi connectivity index (χ1n) is 11.2. The van der Waals surface area contributed by atoms with Gasteiger partial charge in [-0.2, -0.15) is 0 Å². The van der Waals surface area contributed by atoms with Crippen LogP contribution in [0.25, 0.3) is 11.1 Å². The second-order valence-corrected chi connectivity index (χ2v) is 7.87. The normalized spacial score (nSPS) is 15.5. The van der Waals surface area contributed by atoms with Crippen LogP contribution in [0, 0.1) is 11.2 Å². The van der Waals surface area contributed by atoms with Gasteiger partial charge in [-0.25, -0.2) is 19.0 Å². The number of pyridine rings is 1. The standard InChI is InChI=1S/C23H27FN6O7/c1-36-22(34)28-10-16-11-30(23(35)37-16)15-3-4-17(18(24)8-15)14-2-5-20(27-9-14)29(13-25)7-6-26-21(33)19(32)12-31/h2-5,8-9,13,16,19,25,31-32H,6-7,10-12H2,1H3,(H,26,33)(H,28,34). The Morgan fingerprint density at radius 1 is 1.38 bits per heavy atom.